The molecular weight excluding hydrogens is 229 g/mol. The Morgan fingerprint density at radius 3 is 1.40 bits per heavy atom. The molecule has 0 aliphatic heterocycles. The summed E-state index contributed by atoms with van der Waals surface area (Å²) in [6.45, 7) is 0. The molecule has 0 aliphatic carbocycles. The summed E-state index contributed by atoms with van der Waals surface area (Å²) < 4.78 is 21.6. The number of halogens is 1. The maximum absolute atomic E-state index is 9.24. The average Bonchev–Trinajstić information content (AvgIpc) is 1.68. The van der Waals surface area contributed by atoms with Crippen LogP contribution >= 0.6 is 28.1 Å². The fourth-order valence-electron chi connectivity index (χ4n) is 0.0544. The van der Waals surface area contributed by atoms with Gasteiger partial charge in [-0.1, -0.05) is 0 Å². The first-order valence-corrected chi connectivity index (χ1v) is 4.42. The molecule has 0 bridgehead atoms. The molecule has 0 saturated heterocycles. The van der Waals surface area contributed by atoms with Crippen molar-refractivity contribution in [3.05, 3.63) is 0 Å². The van der Waals surface area contributed by atoms with Gasteiger partial charge in [-0.25, -0.2) is 0 Å². The van der Waals surface area contributed by atoms with E-state index in [0.29, 0.717) is 0 Å². The second-order valence-corrected chi connectivity index (χ2v) is 2.08. The van der Waals surface area contributed by atoms with Crippen molar-refractivity contribution in [1.29, 1.82) is 0 Å². The fraction of sp³-hybridized carbons (Fsp3) is 1.00. The molecule has 0 N–H and O–H groups in total. The molecule has 0 amide bonds. The molecule has 5 nitrogen and oxygen atoms in total. The fourth-order valence-corrected chi connectivity index (χ4v) is 0.490. The van der Waals surface area contributed by atoms with Gasteiger partial charge in [-0.3, -0.25) is 0 Å². The van der Waals surface area contributed by atoms with Crippen LogP contribution in [0.15, 0.2) is 0 Å². The summed E-state index contributed by atoms with van der Waals surface area (Å²) in [6, 6.07) is 0. The minimum Gasteiger partial charge on any atom is -0.563 e. The maximum atomic E-state index is 9.24. The van der Waals surface area contributed by atoms with Crippen LogP contribution < -0.4 is 9.79 Å². The van der Waals surface area contributed by atoms with Crippen molar-refractivity contribution in [2.75, 3.05) is 6.38 Å². The topological polar surface area (TPSA) is 89.5 Å². The Morgan fingerprint density at radius 1 is 1.20 bits per heavy atom. The second kappa shape index (κ2) is 13.2. The molecule has 0 spiro atoms. The first kappa shape index (κ1) is 17.6. The number of alkyl halides is 1. The molecule has 9 heteroatoms. The maximum Gasteiger partial charge on any atom is 2.00 e. The zero-order chi connectivity index (χ0) is 7.86. The summed E-state index contributed by atoms with van der Waals surface area (Å²) in [5.74, 6) is 0. The van der Waals surface area contributed by atoms with Crippen LogP contribution in [-0.4, -0.2) is 44.1 Å². The third-order valence-corrected chi connectivity index (χ3v) is 1.20. The van der Waals surface area contributed by atoms with Gasteiger partial charge >= 0.3 is 54.2 Å². The van der Waals surface area contributed by atoms with Gasteiger partial charge in [-0.15, -0.1) is 11.6 Å². The SMILES string of the molecule is CCl.O=[P+]([O-])O[P+](=O)[O-].[Ca+2]. The van der Waals surface area contributed by atoms with E-state index in [2.05, 4.69) is 15.9 Å². The van der Waals surface area contributed by atoms with Gasteiger partial charge in [0.15, 0.2) is 0 Å². The van der Waals surface area contributed by atoms with Crippen LogP contribution in [0.25, 0.3) is 0 Å². The van der Waals surface area contributed by atoms with Crippen LogP contribution in [-0.2, 0) is 13.4 Å². The molecule has 0 heterocycles. The standard InChI is InChI=1S/CH3Cl.Ca.O5P2/c1-2;;1-6(2)5-7(3)4/h1H3;;/q;+2;. The largest absolute Gasteiger partial charge is 2.00 e. The zero-order valence-electron chi connectivity index (χ0n) is 5.02. The summed E-state index contributed by atoms with van der Waals surface area (Å²) in [4.78, 5) is 18.5. The minimum atomic E-state index is -3.24. The monoisotopic (exact) mass is 232 g/mol. The van der Waals surface area contributed by atoms with Gasteiger partial charge in [0.05, 0.1) is 0 Å². The van der Waals surface area contributed by atoms with E-state index in [0.717, 1.165) is 0 Å². The van der Waals surface area contributed by atoms with E-state index in [1.165, 1.54) is 6.38 Å². The summed E-state index contributed by atoms with van der Waals surface area (Å²) in [6.07, 6.45) is 1.47. The van der Waals surface area contributed by atoms with Gasteiger partial charge in [0.1, 0.15) is 4.31 Å². The molecule has 0 aliphatic rings. The molecule has 0 aromatic carbocycles. The van der Waals surface area contributed by atoms with Crippen LogP contribution in [0.4, 0.5) is 0 Å². The van der Waals surface area contributed by atoms with E-state index < -0.39 is 16.5 Å². The Bertz CT molecular complexity index is 95.8. The summed E-state index contributed by atoms with van der Waals surface area (Å²) >= 11 is 4.64. The summed E-state index contributed by atoms with van der Waals surface area (Å²) in [5.41, 5.74) is 0. The Balaban J connectivity index is -0.000000149. The van der Waals surface area contributed by atoms with E-state index in [-0.39, 0.29) is 37.7 Å². The van der Waals surface area contributed by atoms with Crippen molar-refractivity contribution in [2.45, 2.75) is 0 Å². The molecule has 10 heavy (non-hydrogen) atoms. The van der Waals surface area contributed by atoms with Crippen LogP contribution in [0, 0.1) is 0 Å². The summed E-state index contributed by atoms with van der Waals surface area (Å²) in [5, 5.41) is 0. The van der Waals surface area contributed by atoms with Crippen molar-refractivity contribution in [1.82, 2.24) is 0 Å². The van der Waals surface area contributed by atoms with Gasteiger partial charge < -0.3 is 9.79 Å². The predicted octanol–water partition coefficient (Wildman–Crippen LogP) is -0.487. The van der Waals surface area contributed by atoms with E-state index in [1.807, 2.05) is 0 Å². The first-order valence-electron chi connectivity index (χ1n) is 1.47. The molecule has 0 aromatic rings. The van der Waals surface area contributed by atoms with E-state index in [4.69, 9.17) is 0 Å². The van der Waals surface area contributed by atoms with Gasteiger partial charge in [0.25, 0.3) is 0 Å². The van der Waals surface area contributed by atoms with Gasteiger partial charge in [0.2, 0.25) is 0 Å². The average molecular weight is 233 g/mol. The molecule has 2 atom stereocenters. The van der Waals surface area contributed by atoms with E-state index in [9.17, 15) is 18.9 Å². The van der Waals surface area contributed by atoms with E-state index >= 15 is 0 Å². The molecule has 0 fully saturated rings. The van der Waals surface area contributed by atoms with Crippen molar-refractivity contribution in [3.63, 3.8) is 0 Å². The normalized spacial score (nSPS) is 10.0. The molecule has 0 rings (SSSR count). The minimum absolute atomic E-state index is 0. The van der Waals surface area contributed by atoms with Gasteiger partial charge in [-0.05, 0) is 9.13 Å². The molecule has 0 radical (unpaired) electrons. The molecule has 54 valence electrons. The Labute approximate surface area is 94.6 Å². The quantitative estimate of drug-likeness (QED) is 0.364. The number of hydrogen-bond acceptors (Lipinski definition) is 5. The van der Waals surface area contributed by atoms with Crippen molar-refractivity contribution in [3.8, 4) is 0 Å². The van der Waals surface area contributed by atoms with E-state index in [1.54, 1.807) is 0 Å². The predicted molar refractivity (Wildman–Crippen MR) is 33.8 cm³/mol. The smallest absolute Gasteiger partial charge is 0.563 e. The van der Waals surface area contributed by atoms with Crippen molar-refractivity contribution < 1.29 is 23.2 Å². The van der Waals surface area contributed by atoms with Crippen LogP contribution in [0.1, 0.15) is 0 Å². The Morgan fingerprint density at radius 2 is 1.40 bits per heavy atom. The first-order chi connectivity index (χ1) is 4.13. The van der Waals surface area contributed by atoms with Crippen molar-refractivity contribution in [2.24, 2.45) is 0 Å². The third kappa shape index (κ3) is 22.6. The third-order valence-electron chi connectivity index (χ3n) is 0.133. The number of rotatable bonds is 2. The molecule has 0 aromatic heterocycles. The summed E-state index contributed by atoms with van der Waals surface area (Å²) in [7, 11) is -6.47. The number of hydrogen-bond donors (Lipinski definition) is 0. The van der Waals surface area contributed by atoms with Crippen LogP contribution in [0.3, 0.4) is 0 Å². The van der Waals surface area contributed by atoms with Gasteiger partial charge in [0, 0.05) is 6.38 Å². The van der Waals surface area contributed by atoms with Gasteiger partial charge in [-0.2, -0.15) is 0 Å². The van der Waals surface area contributed by atoms with Crippen LogP contribution in [0.2, 0.25) is 0 Å². The Hall–Kier alpha value is 1.63. The Kier molecular flexibility index (Phi) is 23.4. The van der Waals surface area contributed by atoms with Crippen LogP contribution in [0.5, 0.6) is 0 Å². The molecule has 2 unspecified atom stereocenters. The zero-order valence-corrected chi connectivity index (χ0v) is 9.77. The molecular formula is CH3CaClO5P2+2. The second-order valence-electron chi connectivity index (χ2n) is 0.529. The molecule has 0 saturated carbocycles. The van der Waals surface area contributed by atoms with Crippen molar-refractivity contribution >= 4 is 65.8 Å².